The Kier molecular flexibility index (Phi) is 5.18. The van der Waals surface area contributed by atoms with E-state index in [-0.39, 0.29) is 10.6 Å². The summed E-state index contributed by atoms with van der Waals surface area (Å²) in [5.41, 5.74) is 1.33. The number of aromatic nitrogens is 3. The number of benzene rings is 2. The molecule has 7 nitrogen and oxygen atoms in total. The normalized spacial score (nSPS) is 11.0. The van der Waals surface area contributed by atoms with Crippen LogP contribution in [0.1, 0.15) is 5.56 Å². The van der Waals surface area contributed by atoms with E-state index >= 15 is 0 Å². The Bertz CT molecular complexity index is 1010. The summed E-state index contributed by atoms with van der Waals surface area (Å²) in [6, 6.07) is 12.6. The molecule has 0 saturated heterocycles. The van der Waals surface area contributed by atoms with Crippen LogP contribution >= 0.6 is 12.2 Å². The van der Waals surface area contributed by atoms with E-state index in [1.54, 1.807) is 36.4 Å². The number of nitrogens with one attached hydrogen (secondary N) is 1. The second-order valence-electron chi connectivity index (χ2n) is 5.17. The molecule has 0 spiro atoms. The van der Waals surface area contributed by atoms with Gasteiger partial charge < -0.3 is 9.84 Å². The highest BCUT2D eigenvalue weighted by Gasteiger charge is 2.08. The molecule has 9 heteroatoms. The fourth-order valence-corrected chi connectivity index (χ4v) is 2.32. The predicted molar refractivity (Wildman–Crippen MR) is 95.4 cm³/mol. The van der Waals surface area contributed by atoms with Crippen molar-refractivity contribution in [2.24, 2.45) is 5.10 Å². The molecule has 0 aliphatic rings. The number of hydrogen-bond donors (Lipinski definition) is 2. The maximum Gasteiger partial charge on any atom is 0.341 e. The summed E-state index contributed by atoms with van der Waals surface area (Å²) in [5, 5.41) is 19.7. The molecular weight excluding hydrogens is 359 g/mol. The van der Waals surface area contributed by atoms with E-state index in [9.17, 15) is 9.18 Å². The number of aromatic amines is 1. The second kappa shape index (κ2) is 7.70. The molecule has 2 aromatic carbocycles. The Morgan fingerprint density at radius 1 is 1.35 bits per heavy atom. The molecule has 0 unspecified atom stereocenters. The molecule has 132 valence electrons. The van der Waals surface area contributed by atoms with Gasteiger partial charge in [-0.1, -0.05) is 12.1 Å². The topological polar surface area (TPSA) is 92.5 Å². The maximum atomic E-state index is 13.1. The zero-order chi connectivity index (χ0) is 18.5. The zero-order valence-electron chi connectivity index (χ0n) is 13.3. The smallest absolute Gasteiger partial charge is 0.341 e. The predicted octanol–water partition coefficient (Wildman–Crippen LogP) is 3.09. The highest BCUT2D eigenvalue weighted by molar-refractivity contribution is 7.71. The molecular formula is C17H13FN4O3S. The van der Waals surface area contributed by atoms with Crippen LogP contribution < -0.4 is 4.74 Å². The van der Waals surface area contributed by atoms with Crippen molar-refractivity contribution in [2.75, 3.05) is 6.61 Å². The third kappa shape index (κ3) is 4.19. The van der Waals surface area contributed by atoms with Gasteiger partial charge in [-0.15, -0.1) is 0 Å². The Morgan fingerprint density at radius 2 is 2.12 bits per heavy atom. The van der Waals surface area contributed by atoms with Gasteiger partial charge >= 0.3 is 5.97 Å². The highest BCUT2D eigenvalue weighted by Crippen LogP contribution is 2.18. The van der Waals surface area contributed by atoms with Crippen molar-refractivity contribution in [3.05, 3.63) is 64.7 Å². The van der Waals surface area contributed by atoms with Gasteiger partial charge in [-0.3, -0.25) is 0 Å². The highest BCUT2D eigenvalue weighted by atomic mass is 32.1. The van der Waals surface area contributed by atoms with Crippen molar-refractivity contribution in [1.29, 1.82) is 0 Å². The van der Waals surface area contributed by atoms with E-state index in [1.165, 1.54) is 23.0 Å². The second-order valence-corrected chi connectivity index (χ2v) is 5.56. The lowest BCUT2D eigenvalue weighted by atomic mass is 10.2. The molecule has 0 saturated carbocycles. The lowest BCUT2D eigenvalue weighted by Crippen LogP contribution is -2.09. The lowest BCUT2D eigenvalue weighted by molar-refractivity contribution is -0.139. The van der Waals surface area contributed by atoms with Gasteiger partial charge in [0, 0.05) is 5.56 Å². The average molecular weight is 372 g/mol. The number of halogens is 1. The molecule has 0 aliphatic heterocycles. The van der Waals surface area contributed by atoms with Crippen LogP contribution in [0.4, 0.5) is 4.39 Å². The largest absolute Gasteiger partial charge is 0.482 e. The first kappa shape index (κ1) is 17.5. The van der Waals surface area contributed by atoms with Crippen LogP contribution in [0.3, 0.4) is 0 Å². The van der Waals surface area contributed by atoms with Gasteiger partial charge in [0.05, 0.1) is 6.21 Å². The van der Waals surface area contributed by atoms with Crippen LogP contribution in [0.5, 0.6) is 5.75 Å². The number of hydrogen-bond acceptors (Lipinski definition) is 5. The maximum absolute atomic E-state index is 13.1. The Labute approximate surface area is 152 Å². The number of aliphatic carboxylic acids is 1. The van der Waals surface area contributed by atoms with Crippen molar-refractivity contribution in [2.45, 2.75) is 0 Å². The third-order valence-electron chi connectivity index (χ3n) is 3.30. The molecule has 0 aliphatic carbocycles. The Balaban J connectivity index is 1.86. The molecule has 1 heterocycles. The van der Waals surface area contributed by atoms with E-state index in [0.29, 0.717) is 22.7 Å². The van der Waals surface area contributed by atoms with Crippen molar-refractivity contribution in [3.8, 4) is 17.1 Å². The lowest BCUT2D eigenvalue weighted by Gasteiger charge is -2.04. The third-order valence-corrected chi connectivity index (χ3v) is 3.56. The summed E-state index contributed by atoms with van der Waals surface area (Å²) in [5.74, 6) is -0.566. The number of carboxylic acid groups (broad SMARTS) is 1. The van der Waals surface area contributed by atoms with Gasteiger partial charge in [-0.05, 0) is 54.2 Å². The molecule has 26 heavy (non-hydrogen) atoms. The van der Waals surface area contributed by atoms with Crippen LogP contribution in [0, 0.1) is 10.6 Å². The summed E-state index contributed by atoms with van der Waals surface area (Å²) in [6.07, 6.45) is 1.53. The number of carbonyl (C=O) groups is 1. The van der Waals surface area contributed by atoms with Gasteiger partial charge in [0.25, 0.3) is 0 Å². The van der Waals surface area contributed by atoms with Crippen LogP contribution in [-0.2, 0) is 4.79 Å². The zero-order valence-corrected chi connectivity index (χ0v) is 14.1. The summed E-state index contributed by atoms with van der Waals surface area (Å²) in [4.78, 5) is 10.6. The molecule has 3 aromatic rings. The number of nitrogens with zero attached hydrogens (tertiary/aromatic N) is 3. The van der Waals surface area contributed by atoms with E-state index in [1.807, 2.05) is 0 Å². The molecule has 1 aromatic heterocycles. The Hall–Kier alpha value is -3.33. The van der Waals surface area contributed by atoms with E-state index in [0.717, 1.165) is 0 Å². The van der Waals surface area contributed by atoms with E-state index in [4.69, 9.17) is 22.1 Å². The van der Waals surface area contributed by atoms with Gasteiger partial charge in [0.2, 0.25) is 4.77 Å². The minimum Gasteiger partial charge on any atom is -0.482 e. The van der Waals surface area contributed by atoms with Gasteiger partial charge in [0.15, 0.2) is 12.4 Å². The first-order chi connectivity index (χ1) is 12.5. The summed E-state index contributed by atoms with van der Waals surface area (Å²) in [6.45, 7) is -0.428. The van der Waals surface area contributed by atoms with Crippen LogP contribution in [0.2, 0.25) is 0 Å². The van der Waals surface area contributed by atoms with Crippen molar-refractivity contribution in [1.82, 2.24) is 14.9 Å². The number of carboxylic acids is 1. The van der Waals surface area contributed by atoms with Crippen molar-refractivity contribution in [3.63, 3.8) is 0 Å². The quantitative estimate of drug-likeness (QED) is 0.512. The fraction of sp³-hybridized carbons (Fsp3) is 0.0588. The number of H-pyrrole nitrogens is 1. The van der Waals surface area contributed by atoms with Crippen LogP contribution in [0.25, 0.3) is 11.4 Å². The van der Waals surface area contributed by atoms with Gasteiger partial charge in [0.1, 0.15) is 11.6 Å². The SMILES string of the molecule is O=C(O)COc1cccc(C=Nn2c(-c3ccc(F)cc3)n[nH]c2=S)c1. The summed E-state index contributed by atoms with van der Waals surface area (Å²) < 4.78 is 19.9. The minimum absolute atomic E-state index is 0.277. The van der Waals surface area contributed by atoms with E-state index < -0.39 is 12.6 Å². The fourth-order valence-electron chi connectivity index (χ4n) is 2.14. The van der Waals surface area contributed by atoms with Gasteiger partial charge in [-0.2, -0.15) is 14.9 Å². The molecule has 0 radical (unpaired) electrons. The standard InChI is InChI=1S/C17H13FN4O3S/c18-13-6-4-12(5-7-13)16-20-21-17(26)22(16)19-9-11-2-1-3-14(8-11)25-10-15(23)24/h1-9H,10H2,(H,21,26)(H,23,24). The van der Waals surface area contributed by atoms with E-state index in [2.05, 4.69) is 15.3 Å². The van der Waals surface area contributed by atoms with Crippen LogP contribution in [0.15, 0.2) is 53.6 Å². The monoisotopic (exact) mass is 372 g/mol. The van der Waals surface area contributed by atoms with Crippen molar-refractivity contribution < 1.29 is 19.0 Å². The van der Waals surface area contributed by atoms with Gasteiger partial charge in [-0.25, -0.2) is 14.3 Å². The first-order valence-electron chi connectivity index (χ1n) is 7.45. The minimum atomic E-state index is -1.06. The van der Waals surface area contributed by atoms with Crippen LogP contribution in [-0.4, -0.2) is 38.8 Å². The average Bonchev–Trinajstić information content (AvgIpc) is 3.00. The molecule has 3 rings (SSSR count). The summed E-state index contributed by atoms with van der Waals surface area (Å²) in [7, 11) is 0. The molecule has 2 N–H and O–H groups in total. The molecule has 0 atom stereocenters. The van der Waals surface area contributed by atoms with Crippen molar-refractivity contribution >= 4 is 24.4 Å². The number of rotatable bonds is 6. The summed E-state index contributed by atoms with van der Waals surface area (Å²) >= 11 is 5.18. The first-order valence-corrected chi connectivity index (χ1v) is 7.86. The molecule has 0 fully saturated rings. The Morgan fingerprint density at radius 3 is 2.85 bits per heavy atom. The molecule has 0 amide bonds. The number of ether oxygens (including phenoxy) is 1. The molecule has 0 bridgehead atoms.